The van der Waals surface area contributed by atoms with Crippen LogP contribution in [0.3, 0.4) is 0 Å². The molecule has 0 spiro atoms. The van der Waals surface area contributed by atoms with Crippen LogP contribution in [-0.4, -0.2) is 43.4 Å². The fourth-order valence-electron chi connectivity index (χ4n) is 3.75. The zero-order chi connectivity index (χ0) is 18.1. The molecule has 0 radical (unpaired) electrons. The van der Waals surface area contributed by atoms with Crippen molar-refractivity contribution in [3.8, 4) is 0 Å². The van der Waals surface area contributed by atoms with Crippen molar-refractivity contribution < 1.29 is 14.1 Å². The lowest BCUT2D eigenvalue weighted by Gasteiger charge is -2.41. The smallest absolute Gasteiger partial charge is 0.399 e. The Morgan fingerprint density at radius 1 is 1.08 bits per heavy atom. The van der Waals surface area contributed by atoms with Gasteiger partial charge in [0.15, 0.2) is 0 Å². The molecule has 6 heteroatoms. The molecule has 1 saturated carbocycles. The van der Waals surface area contributed by atoms with Crippen molar-refractivity contribution in [3.63, 3.8) is 0 Å². The molecule has 1 saturated heterocycles. The first-order valence-corrected chi connectivity index (χ1v) is 9.18. The fraction of sp³-hybridized carbons (Fsp3) is 0.632. The topological polar surface area (TPSA) is 42.0 Å². The minimum absolute atomic E-state index is 0.126. The van der Waals surface area contributed by atoms with Crippen molar-refractivity contribution in [1.82, 2.24) is 0 Å². The van der Waals surface area contributed by atoms with E-state index >= 15 is 0 Å². The van der Waals surface area contributed by atoms with Gasteiger partial charge in [0, 0.05) is 13.1 Å². The average molecular weight is 342 g/mol. The van der Waals surface area contributed by atoms with Crippen LogP contribution in [0.5, 0.6) is 0 Å². The van der Waals surface area contributed by atoms with Gasteiger partial charge in [0.05, 0.1) is 22.6 Å². The maximum absolute atomic E-state index is 12.6. The van der Waals surface area contributed by atoms with Gasteiger partial charge in [-0.2, -0.15) is 0 Å². The Balaban J connectivity index is 1.73. The lowest BCUT2D eigenvalue weighted by Crippen LogP contribution is -2.52. The van der Waals surface area contributed by atoms with Crippen LogP contribution in [0, 0.1) is 0 Å². The van der Waals surface area contributed by atoms with Gasteiger partial charge in [-0.05, 0) is 65.1 Å². The molecule has 1 unspecified atom stereocenters. The van der Waals surface area contributed by atoms with Gasteiger partial charge in [-0.25, -0.2) is 0 Å². The summed E-state index contributed by atoms with van der Waals surface area (Å²) < 4.78 is 12.4. The summed E-state index contributed by atoms with van der Waals surface area (Å²) in [6, 6.07) is 6.54. The van der Waals surface area contributed by atoms with Crippen LogP contribution < -0.4 is 15.3 Å². The molecule has 1 atom stereocenters. The first-order valence-electron chi connectivity index (χ1n) is 9.18. The third-order valence-electron chi connectivity index (χ3n) is 6.21. The normalized spacial score (nSPS) is 27.7. The van der Waals surface area contributed by atoms with Crippen LogP contribution >= 0.6 is 0 Å². The van der Waals surface area contributed by atoms with Crippen molar-refractivity contribution in [2.24, 2.45) is 0 Å². The van der Waals surface area contributed by atoms with Crippen LogP contribution in [0.2, 0.25) is 0 Å². The highest BCUT2D eigenvalue weighted by Gasteiger charge is 2.52. The van der Waals surface area contributed by atoms with Crippen molar-refractivity contribution >= 4 is 29.9 Å². The second kappa shape index (κ2) is 5.24. The Morgan fingerprint density at radius 3 is 2.24 bits per heavy atom. The average Bonchev–Trinajstić information content (AvgIpc) is 3.32. The van der Waals surface area contributed by atoms with Gasteiger partial charge in [0.2, 0.25) is 5.91 Å². The van der Waals surface area contributed by atoms with E-state index in [4.69, 9.17) is 9.31 Å². The molecule has 4 rings (SSSR count). The molecule has 0 N–H and O–H groups in total. The molecule has 1 aliphatic carbocycles. The number of fused-ring (bicyclic) bond motifs is 1. The molecule has 134 valence electrons. The standard InChI is InChI=1S/C19H27BN2O3/c1-12-17(23)21(6)15-10-7-13(11-16(15)22(12)14-8-9-14)20-24-18(2,3)19(4,5)25-20/h7,10-12,14H,8-9H2,1-6H3. The highest BCUT2D eigenvalue weighted by atomic mass is 16.7. The largest absolute Gasteiger partial charge is 0.494 e. The van der Waals surface area contributed by atoms with Gasteiger partial charge in [-0.1, -0.05) is 6.07 Å². The Bertz CT molecular complexity index is 713. The highest BCUT2D eigenvalue weighted by Crippen LogP contribution is 2.42. The summed E-state index contributed by atoms with van der Waals surface area (Å²) in [7, 11) is 1.48. The summed E-state index contributed by atoms with van der Waals surface area (Å²) in [6.45, 7) is 10.3. The molecule has 0 aromatic heterocycles. The third-order valence-corrected chi connectivity index (χ3v) is 6.21. The van der Waals surface area contributed by atoms with Gasteiger partial charge >= 0.3 is 7.12 Å². The number of rotatable bonds is 2. The van der Waals surface area contributed by atoms with Crippen molar-refractivity contribution in [3.05, 3.63) is 18.2 Å². The maximum Gasteiger partial charge on any atom is 0.494 e. The van der Waals surface area contributed by atoms with Crippen LogP contribution in [0.4, 0.5) is 11.4 Å². The van der Waals surface area contributed by atoms with Crippen molar-refractivity contribution in [2.45, 2.75) is 70.7 Å². The SMILES string of the molecule is CC1C(=O)N(C)c2ccc(B3OC(C)(C)C(C)(C)O3)cc2N1C1CC1. The lowest BCUT2D eigenvalue weighted by molar-refractivity contribution is -0.119. The van der Waals surface area contributed by atoms with Crippen LogP contribution in [0.1, 0.15) is 47.5 Å². The molecular weight excluding hydrogens is 315 g/mol. The second-order valence-corrected chi connectivity index (χ2v) is 8.55. The number of likely N-dealkylation sites (N-methyl/N-ethyl adjacent to an activating group) is 1. The molecule has 2 fully saturated rings. The number of anilines is 2. The summed E-state index contributed by atoms with van der Waals surface area (Å²) >= 11 is 0. The van der Waals surface area contributed by atoms with Gasteiger partial charge in [-0.15, -0.1) is 0 Å². The van der Waals surface area contributed by atoms with Crippen molar-refractivity contribution in [1.29, 1.82) is 0 Å². The molecule has 1 aromatic rings. The Hall–Kier alpha value is -1.53. The predicted octanol–water partition coefficient (Wildman–Crippen LogP) is 2.32. The Labute approximate surface area is 150 Å². The summed E-state index contributed by atoms with van der Waals surface area (Å²) in [6.07, 6.45) is 2.31. The van der Waals surface area contributed by atoms with E-state index in [1.807, 2.05) is 26.1 Å². The zero-order valence-electron chi connectivity index (χ0n) is 16.0. The van der Waals surface area contributed by atoms with E-state index in [2.05, 4.69) is 38.7 Å². The molecule has 1 amide bonds. The minimum atomic E-state index is -0.380. The molecule has 3 aliphatic rings. The molecule has 2 aliphatic heterocycles. The molecule has 25 heavy (non-hydrogen) atoms. The first-order chi connectivity index (χ1) is 11.6. The van der Waals surface area contributed by atoms with Crippen LogP contribution in [0.25, 0.3) is 0 Å². The molecule has 2 heterocycles. The summed E-state index contributed by atoms with van der Waals surface area (Å²) in [5, 5.41) is 0. The number of hydrogen-bond donors (Lipinski definition) is 0. The monoisotopic (exact) mass is 342 g/mol. The number of nitrogens with zero attached hydrogens (tertiary/aromatic N) is 2. The number of carbonyl (C=O) groups is 1. The van der Waals surface area contributed by atoms with E-state index < -0.39 is 0 Å². The zero-order valence-corrected chi connectivity index (χ0v) is 16.0. The van der Waals surface area contributed by atoms with Gasteiger partial charge in [0.1, 0.15) is 6.04 Å². The Kier molecular flexibility index (Phi) is 3.55. The van der Waals surface area contributed by atoms with E-state index in [-0.39, 0.29) is 30.3 Å². The molecule has 0 bridgehead atoms. The summed E-state index contributed by atoms with van der Waals surface area (Å²) in [5.41, 5.74) is 2.38. The summed E-state index contributed by atoms with van der Waals surface area (Å²) in [4.78, 5) is 16.6. The van der Waals surface area contributed by atoms with E-state index in [9.17, 15) is 4.79 Å². The molecule has 1 aromatic carbocycles. The van der Waals surface area contributed by atoms with E-state index in [1.165, 1.54) is 0 Å². The number of benzene rings is 1. The van der Waals surface area contributed by atoms with Gasteiger partial charge < -0.3 is 19.1 Å². The first kappa shape index (κ1) is 16.9. The minimum Gasteiger partial charge on any atom is -0.399 e. The van der Waals surface area contributed by atoms with Crippen LogP contribution in [-0.2, 0) is 14.1 Å². The quantitative estimate of drug-likeness (QED) is 0.774. The van der Waals surface area contributed by atoms with Gasteiger partial charge in [0.25, 0.3) is 0 Å². The predicted molar refractivity (Wildman–Crippen MR) is 101 cm³/mol. The highest BCUT2D eigenvalue weighted by molar-refractivity contribution is 6.62. The third kappa shape index (κ3) is 2.49. The van der Waals surface area contributed by atoms with E-state index in [0.717, 1.165) is 29.7 Å². The number of amides is 1. The van der Waals surface area contributed by atoms with Crippen molar-refractivity contribution in [2.75, 3.05) is 16.8 Å². The second-order valence-electron chi connectivity index (χ2n) is 8.55. The maximum atomic E-state index is 12.6. The van der Waals surface area contributed by atoms with Crippen LogP contribution in [0.15, 0.2) is 18.2 Å². The lowest BCUT2D eigenvalue weighted by atomic mass is 9.78. The van der Waals surface area contributed by atoms with E-state index in [1.54, 1.807) is 4.90 Å². The fourth-order valence-corrected chi connectivity index (χ4v) is 3.75. The molecular formula is C19H27BN2O3. The molecule has 5 nitrogen and oxygen atoms in total. The van der Waals surface area contributed by atoms with Gasteiger partial charge in [-0.3, -0.25) is 4.79 Å². The summed E-state index contributed by atoms with van der Waals surface area (Å²) in [5.74, 6) is 0.155. The Morgan fingerprint density at radius 2 is 1.68 bits per heavy atom. The number of carbonyl (C=O) groups excluding carboxylic acids is 1. The number of hydrogen-bond acceptors (Lipinski definition) is 4. The van der Waals surface area contributed by atoms with E-state index in [0.29, 0.717) is 6.04 Å².